The Morgan fingerprint density at radius 3 is 2.74 bits per heavy atom. The van der Waals surface area contributed by atoms with Gasteiger partial charge in [0, 0.05) is 48.5 Å². The van der Waals surface area contributed by atoms with E-state index in [2.05, 4.69) is 27.2 Å². The molecule has 2 aliphatic heterocycles. The number of piperidine rings is 1. The van der Waals surface area contributed by atoms with Crippen molar-refractivity contribution in [1.29, 1.82) is 0 Å². The molecular formula is C21H26N4O2. The second-order valence-corrected chi connectivity index (χ2v) is 8.03. The van der Waals surface area contributed by atoms with Crippen LogP contribution in [0.4, 0.5) is 5.69 Å². The van der Waals surface area contributed by atoms with Crippen molar-refractivity contribution < 1.29 is 9.53 Å². The van der Waals surface area contributed by atoms with Gasteiger partial charge in [0.15, 0.2) is 0 Å². The van der Waals surface area contributed by atoms with Gasteiger partial charge in [0.05, 0.1) is 19.4 Å². The van der Waals surface area contributed by atoms with E-state index in [-0.39, 0.29) is 11.3 Å². The summed E-state index contributed by atoms with van der Waals surface area (Å²) in [5.41, 5.74) is 4.63. The lowest BCUT2D eigenvalue weighted by Crippen LogP contribution is -2.47. The van der Waals surface area contributed by atoms with E-state index in [1.54, 1.807) is 0 Å². The molecule has 142 valence electrons. The quantitative estimate of drug-likeness (QED) is 0.886. The summed E-state index contributed by atoms with van der Waals surface area (Å²) in [6, 6.07) is 8.09. The maximum Gasteiger partial charge on any atom is 0.253 e. The fourth-order valence-electron chi connectivity index (χ4n) is 4.99. The number of H-pyrrole nitrogens is 1. The number of carbonyl (C=O) groups is 1. The van der Waals surface area contributed by atoms with Gasteiger partial charge in [-0.3, -0.25) is 9.89 Å². The molecule has 0 saturated carbocycles. The van der Waals surface area contributed by atoms with Crippen LogP contribution in [0.25, 0.3) is 0 Å². The third-order valence-corrected chi connectivity index (χ3v) is 6.48. The topological polar surface area (TPSA) is 61.5 Å². The van der Waals surface area contributed by atoms with Crippen molar-refractivity contribution in [3.05, 3.63) is 47.3 Å². The summed E-state index contributed by atoms with van der Waals surface area (Å²) in [6.45, 7) is 5.00. The molecule has 2 aromatic rings. The lowest BCUT2D eigenvalue weighted by Gasteiger charge is -2.40. The SMILES string of the molecule is O=C(c1ccc(N2CCOCC2)cc1)N1CCCC2(CCc3cn[nH]c32)C1. The maximum atomic E-state index is 13.1. The molecule has 1 atom stereocenters. The smallest absolute Gasteiger partial charge is 0.253 e. The minimum atomic E-state index is 0.0769. The van der Waals surface area contributed by atoms with Crippen LogP contribution in [0.3, 0.4) is 0 Å². The highest BCUT2D eigenvalue weighted by Gasteiger charge is 2.44. The molecule has 27 heavy (non-hydrogen) atoms. The van der Waals surface area contributed by atoms with Crippen molar-refractivity contribution in [2.75, 3.05) is 44.3 Å². The number of hydrogen-bond acceptors (Lipinski definition) is 4. The van der Waals surface area contributed by atoms with Gasteiger partial charge >= 0.3 is 0 Å². The molecule has 0 radical (unpaired) electrons. The van der Waals surface area contributed by atoms with E-state index in [4.69, 9.17) is 4.74 Å². The van der Waals surface area contributed by atoms with Crippen LogP contribution >= 0.6 is 0 Å². The van der Waals surface area contributed by atoms with Crippen LogP contribution in [0.5, 0.6) is 0 Å². The molecule has 1 aliphatic carbocycles. The molecule has 1 unspecified atom stereocenters. The van der Waals surface area contributed by atoms with Crippen LogP contribution in [-0.2, 0) is 16.6 Å². The summed E-state index contributed by atoms with van der Waals surface area (Å²) in [5, 5.41) is 7.45. The molecule has 1 N–H and O–H groups in total. The van der Waals surface area contributed by atoms with Crippen molar-refractivity contribution >= 4 is 11.6 Å². The summed E-state index contributed by atoms with van der Waals surface area (Å²) in [5.74, 6) is 0.149. The molecule has 2 saturated heterocycles. The average molecular weight is 366 g/mol. The number of nitrogens with zero attached hydrogens (tertiary/aromatic N) is 3. The number of nitrogens with one attached hydrogen (secondary N) is 1. The second kappa shape index (κ2) is 6.68. The first-order valence-electron chi connectivity index (χ1n) is 10.00. The lowest BCUT2D eigenvalue weighted by atomic mass is 9.77. The second-order valence-electron chi connectivity index (χ2n) is 8.03. The van der Waals surface area contributed by atoms with Gasteiger partial charge in [0.1, 0.15) is 0 Å². The zero-order chi connectivity index (χ0) is 18.3. The number of morpholine rings is 1. The van der Waals surface area contributed by atoms with E-state index < -0.39 is 0 Å². The molecule has 1 aromatic carbocycles. The van der Waals surface area contributed by atoms with Crippen LogP contribution in [0, 0.1) is 0 Å². The van der Waals surface area contributed by atoms with Crippen molar-refractivity contribution in [3.63, 3.8) is 0 Å². The summed E-state index contributed by atoms with van der Waals surface area (Å²) in [6.07, 6.45) is 6.34. The standard InChI is InChI=1S/C21H26N4O2/c26-20(16-2-4-18(5-3-16)24-10-12-27-13-11-24)25-9-1-7-21(15-25)8-6-17-14-22-23-19(17)21/h2-5,14H,1,6-13,15H2,(H,22,23). The highest BCUT2D eigenvalue weighted by molar-refractivity contribution is 5.94. The number of aromatic nitrogens is 2. The lowest BCUT2D eigenvalue weighted by molar-refractivity contribution is 0.0633. The molecule has 0 bridgehead atoms. The van der Waals surface area contributed by atoms with Crippen LogP contribution < -0.4 is 4.90 Å². The van der Waals surface area contributed by atoms with E-state index in [1.807, 2.05) is 23.2 Å². The molecule has 1 amide bonds. The number of aromatic amines is 1. The fraction of sp³-hybridized carbons (Fsp3) is 0.524. The largest absolute Gasteiger partial charge is 0.378 e. The van der Waals surface area contributed by atoms with E-state index in [0.717, 1.165) is 70.6 Å². The number of likely N-dealkylation sites (tertiary alicyclic amines) is 1. The predicted molar refractivity (Wildman–Crippen MR) is 103 cm³/mol. The van der Waals surface area contributed by atoms with Gasteiger partial charge in [-0.05, 0) is 55.5 Å². The Balaban J connectivity index is 1.32. The number of amides is 1. The number of ether oxygens (including phenoxy) is 1. The van der Waals surface area contributed by atoms with Crippen molar-refractivity contribution in [3.8, 4) is 0 Å². The van der Waals surface area contributed by atoms with Gasteiger partial charge in [-0.15, -0.1) is 0 Å². The van der Waals surface area contributed by atoms with E-state index in [1.165, 1.54) is 16.9 Å². The summed E-state index contributed by atoms with van der Waals surface area (Å²) < 4.78 is 5.42. The third-order valence-electron chi connectivity index (χ3n) is 6.48. The predicted octanol–water partition coefficient (Wildman–Crippen LogP) is 2.37. The van der Waals surface area contributed by atoms with Gasteiger partial charge in [-0.2, -0.15) is 5.10 Å². The molecular weight excluding hydrogens is 340 g/mol. The van der Waals surface area contributed by atoms with Gasteiger partial charge in [-0.25, -0.2) is 0 Å². The first-order valence-corrected chi connectivity index (χ1v) is 10.00. The molecule has 1 spiro atoms. The molecule has 6 nitrogen and oxygen atoms in total. The van der Waals surface area contributed by atoms with Crippen LogP contribution in [0.1, 0.15) is 40.9 Å². The summed E-state index contributed by atoms with van der Waals surface area (Å²) in [7, 11) is 0. The molecule has 2 fully saturated rings. The summed E-state index contributed by atoms with van der Waals surface area (Å²) in [4.78, 5) is 17.5. The zero-order valence-corrected chi connectivity index (χ0v) is 15.6. The van der Waals surface area contributed by atoms with Crippen molar-refractivity contribution in [1.82, 2.24) is 15.1 Å². The van der Waals surface area contributed by atoms with E-state index >= 15 is 0 Å². The first-order chi connectivity index (χ1) is 13.3. The number of hydrogen-bond donors (Lipinski definition) is 1. The van der Waals surface area contributed by atoms with Gasteiger partial charge < -0.3 is 14.5 Å². The monoisotopic (exact) mass is 366 g/mol. The molecule has 5 rings (SSSR count). The number of rotatable bonds is 2. The Bertz CT molecular complexity index is 825. The Labute approximate surface area is 159 Å². The molecule has 3 aliphatic rings. The van der Waals surface area contributed by atoms with E-state index in [9.17, 15) is 4.79 Å². The normalized spacial score (nSPS) is 25.0. The highest BCUT2D eigenvalue weighted by Crippen LogP contribution is 2.44. The molecule has 3 heterocycles. The van der Waals surface area contributed by atoms with Crippen molar-refractivity contribution in [2.24, 2.45) is 0 Å². The van der Waals surface area contributed by atoms with Crippen molar-refractivity contribution in [2.45, 2.75) is 31.1 Å². The van der Waals surface area contributed by atoms with Crippen LogP contribution in [0.15, 0.2) is 30.5 Å². The van der Waals surface area contributed by atoms with Gasteiger partial charge in [0.25, 0.3) is 5.91 Å². The van der Waals surface area contributed by atoms with Gasteiger partial charge in [0.2, 0.25) is 0 Å². The zero-order valence-electron chi connectivity index (χ0n) is 15.6. The highest BCUT2D eigenvalue weighted by atomic mass is 16.5. The number of carbonyl (C=O) groups excluding carboxylic acids is 1. The Kier molecular flexibility index (Phi) is 4.16. The van der Waals surface area contributed by atoms with Crippen LogP contribution in [0.2, 0.25) is 0 Å². The minimum absolute atomic E-state index is 0.0769. The average Bonchev–Trinajstić information content (AvgIpc) is 3.33. The number of aryl methyl sites for hydroxylation is 1. The number of fused-ring (bicyclic) bond motifs is 2. The Morgan fingerprint density at radius 2 is 1.93 bits per heavy atom. The maximum absolute atomic E-state index is 13.1. The minimum Gasteiger partial charge on any atom is -0.378 e. The molecule has 1 aromatic heterocycles. The summed E-state index contributed by atoms with van der Waals surface area (Å²) >= 11 is 0. The van der Waals surface area contributed by atoms with Crippen LogP contribution in [-0.4, -0.2) is 60.4 Å². The van der Waals surface area contributed by atoms with E-state index in [0.29, 0.717) is 0 Å². The number of anilines is 1. The fourth-order valence-corrected chi connectivity index (χ4v) is 4.99. The third kappa shape index (κ3) is 2.92. The Morgan fingerprint density at radius 1 is 1.11 bits per heavy atom. The molecule has 6 heteroatoms. The number of benzene rings is 1. The van der Waals surface area contributed by atoms with Gasteiger partial charge in [-0.1, -0.05) is 0 Å². The Hall–Kier alpha value is -2.34. The first kappa shape index (κ1) is 16.8.